The molecule has 2 aliphatic heterocycles. The van der Waals surface area contributed by atoms with Gasteiger partial charge in [0.05, 0.1) is 17.0 Å². The minimum absolute atomic E-state index is 0.0267. The summed E-state index contributed by atoms with van der Waals surface area (Å²) < 4.78 is 17.6. The number of rotatable bonds is 7. The van der Waals surface area contributed by atoms with E-state index in [1.54, 1.807) is 19.1 Å². The Hall–Kier alpha value is -3.89. The molecule has 1 saturated heterocycles. The number of nitrogens with one attached hydrogen (secondary N) is 2. The van der Waals surface area contributed by atoms with Crippen molar-refractivity contribution in [3.8, 4) is 5.75 Å². The molecular formula is C34H41ClN2O8. The number of amides is 2. The van der Waals surface area contributed by atoms with Crippen molar-refractivity contribution in [1.29, 1.82) is 0 Å². The number of aromatic hydroxyl groups is 1. The molecule has 11 heteroatoms. The van der Waals surface area contributed by atoms with E-state index >= 15 is 0 Å². The van der Waals surface area contributed by atoms with E-state index in [9.17, 15) is 24.3 Å². The van der Waals surface area contributed by atoms with E-state index in [0.717, 1.165) is 5.56 Å². The second-order valence-electron chi connectivity index (χ2n) is 12.2. The molecule has 10 nitrogen and oxygen atoms in total. The molecule has 2 aliphatic rings. The van der Waals surface area contributed by atoms with Gasteiger partial charge in [-0.05, 0) is 41.7 Å². The fourth-order valence-electron chi connectivity index (χ4n) is 5.23. The monoisotopic (exact) mass is 640 g/mol. The molecule has 0 aliphatic carbocycles. The maximum Gasteiger partial charge on any atom is 0.347 e. The summed E-state index contributed by atoms with van der Waals surface area (Å²) in [6, 6.07) is 13.3. The van der Waals surface area contributed by atoms with Gasteiger partial charge in [0.1, 0.15) is 24.0 Å². The number of carbonyl (C=O) groups is 4. The lowest BCUT2D eigenvalue weighted by molar-refractivity contribution is -0.176. The number of ether oxygens (including phenoxy) is 3. The molecule has 3 N–H and O–H groups in total. The average Bonchev–Trinajstić information content (AvgIpc) is 3.81. The molecular weight excluding hydrogens is 600 g/mol. The third-order valence-electron chi connectivity index (χ3n) is 7.94. The number of cyclic esters (lactones) is 2. The molecule has 2 heterocycles. The average molecular weight is 641 g/mol. The molecule has 0 unspecified atom stereocenters. The van der Waals surface area contributed by atoms with Crippen molar-refractivity contribution in [2.24, 2.45) is 17.8 Å². The van der Waals surface area contributed by atoms with E-state index in [0.29, 0.717) is 5.56 Å². The summed E-state index contributed by atoms with van der Waals surface area (Å²) in [4.78, 5) is 52.7. The molecule has 2 amide bonds. The zero-order valence-corrected chi connectivity index (χ0v) is 26.7. The highest BCUT2D eigenvalue weighted by atomic mass is 35.5. The molecule has 45 heavy (non-hydrogen) atoms. The van der Waals surface area contributed by atoms with Crippen LogP contribution in [-0.2, 0) is 39.8 Å². The summed E-state index contributed by atoms with van der Waals surface area (Å²) in [5.41, 5.74) is 1.63. The topological polar surface area (TPSA) is 144 Å². The minimum Gasteiger partial charge on any atom is -0.506 e. The number of esters is 2. The van der Waals surface area contributed by atoms with Crippen LogP contribution in [0.3, 0.4) is 0 Å². The molecule has 242 valence electrons. The van der Waals surface area contributed by atoms with E-state index in [2.05, 4.69) is 10.6 Å². The second kappa shape index (κ2) is 15.4. The predicted octanol–water partition coefficient (Wildman–Crippen LogP) is 4.43. The molecule has 0 bridgehead atoms. The summed E-state index contributed by atoms with van der Waals surface area (Å²) in [5.74, 6) is -3.49. The van der Waals surface area contributed by atoms with Crippen molar-refractivity contribution in [1.82, 2.24) is 10.6 Å². The number of phenols is 1. The first-order valence-corrected chi connectivity index (χ1v) is 15.6. The van der Waals surface area contributed by atoms with E-state index < -0.39 is 47.9 Å². The maximum absolute atomic E-state index is 13.4. The smallest absolute Gasteiger partial charge is 0.347 e. The lowest BCUT2D eigenvalue weighted by atomic mass is 9.93. The van der Waals surface area contributed by atoms with Crippen LogP contribution < -0.4 is 10.6 Å². The normalized spacial score (nSPS) is 28.0. The molecule has 2 aromatic rings. The second-order valence-corrected chi connectivity index (χ2v) is 12.6. The fourth-order valence-corrected chi connectivity index (χ4v) is 5.43. The Balaban J connectivity index is 1.58. The first-order chi connectivity index (χ1) is 21.4. The van der Waals surface area contributed by atoms with Gasteiger partial charge in [-0.25, -0.2) is 4.79 Å². The Morgan fingerprint density at radius 1 is 1.00 bits per heavy atom. The van der Waals surface area contributed by atoms with Gasteiger partial charge in [-0.15, -0.1) is 0 Å². The number of halogens is 1. The van der Waals surface area contributed by atoms with Gasteiger partial charge in [0.25, 0.3) is 0 Å². The molecule has 0 aromatic heterocycles. The maximum atomic E-state index is 13.4. The van der Waals surface area contributed by atoms with Gasteiger partial charge in [-0.3, -0.25) is 14.4 Å². The van der Waals surface area contributed by atoms with E-state index in [-0.39, 0.29) is 60.6 Å². The van der Waals surface area contributed by atoms with Crippen molar-refractivity contribution in [3.63, 3.8) is 0 Å². The molecule has 0 radical (unpaired) electrons. The Morgan fingerprint density at radius 3 is 2.42 bits per heavy atom. The van der Waals surface area contributed by atoms with Crippen molar-refractivity contribution in [2.75, 3.05) is 6.54 Å². The standard InChI is InChI=1S/C34H41ClN2O8/c1-19(2)15-28-34(42)43-27(21(4)30-31(45-30)23-9-6-5-7-10-23)11-8-12-29(39)37-25(17-22-13-14-26(38)24(35)16-22)32(40)36-18-20(3)33(41)44-28/h5-10,12-14,16,19-21,25,27-28,30-31,38H,11,15,17-18H2,1-4H3,(H,36,40)(H,37,39)/b12-8+/t20-,21+,25-,27+,28+,30+,31-/m1/s1. The Labute approximate surface area is 268 Å². The Bertz CT molecular complexity index is 1400. The van der Waals surface area contributed by atoms with Gasteiger partial charge in [0.2, 0.25) is 11.8 Å². The molecule has 2 aromatic carbocycles. The molecule has 1 fully saturated rings. The minimum atomic E-state index is -1.14. The Morgan fingerprint density at radius 2 is 1.73 bits per heavy atom. The quantitative estimate of drug-likeness (QED) is 0.298. The summed E-state index contributed by atoms with van der Waals surface area (Å²) in [6.45, 7) is 7.24. The van der Waals surface area contributed by atoms with Gasteiger partial charge >= 0.3 is 11.9 Å². The SMILES string of the molecule is CC(C)C[C@@H]1OC(=O)[C@H](C)CNC(=O)[C@@H](Cc2ccc(O)c(Cl)c2)NC(=O)/C=C/C[C@@H]([C@H](C)[C@@H]2O[C@@H]2c2ccccc2)OC1=O. The summed E-state index contributed by atoms with van der Waals surface area (Å²) in [6.07, 6.45) is 1.24. The number of epoxide rings is 1. The zero-order valence-electron chi connectivity index (χ0n) is 25.9. The van der Waals surface area contributed by atoms with Crippen molar-refractivity contribution in [3.05, 3.63) is 76.8 Å². The van der Waals surface area contributed by atoms with Crippen molar-refractivity contribution < 1.29 is 38.5 Å². The Kier molecular flexibility index (Phi) is 11.6. The molecule has 0 spiro atoms. The first kappa shape index (κ1) is 34.0. The highest BCUT2D eigenvalue weighted by molar-refractivity contribution is 6.32. The van der Waals surface area contributed by atoms with Gasteiger partial charge in [-0.2, -0.15) is 0 Å². The van der Waals surface area contributed by atoms with Gasteiger partial charge < -0.3 is 30.0 Å². The number of carbonyl (C=O) groups excluding carboxylic acids is 4. The fraction of sp³-hybridized carbons (Fsp3) is 0.471. The molecule has 0 saturated carbocycles. The van der Waals surface area contributed by atoms with Crippen LogP contribution in [-0.4, -0.2) is 59.8 Å². The largest absolute Gasteiger partial charge is 0.506 e. The third kappa shape index (κ3) is 9.55. The van der Waals surface area contributed by atoms with Crippen LogP contribution in [0.15, 0.2) is 60.7 Å². The highest BCUT2D eigenvalue weighted by Crippen LogP contribution is 2.45. The predicted molar refractivity (Wildman–Crippen MR) is 167 cm³/mol. The lowest BCUT2D eigenvalue weighted by Crippen LogP contribution is -2.49. The van der Waals surface area contributed by atoms with Crippen molar-refractivity contribution >= 4 is 35.4 Å². The number of hydrogen-bond acceptors (Lipinski definition) is 8. The van der Waals surface area contributed by atoms with Gasteiger partial charge in [0.15, 0.2) is 6.10 Å². The van der Waals surface area contributed by atoms with Crippen LogP contribution in [0, 0.1) is 17.8 Å². The number of hydrogen-bond donors (Lipinski definition) is 3. The third-order valence-corrected chi connectivity index (χ3v) is 8.24. The van der Waals surface area contributed by atoms with Crippen LogP contribution in [0.1, 0.15) is 57.8 Å². The highest BCUT2D eigenvalue weighted by Gasteiger charge is 2.47. The van der Waals surface area contributed by atoms with E-state index in [1.165, 1.54) is 18.2 Å². The zero-order chi connectivity index (χ0) is 32.7. The van der Waals surface area contributed by atoms with E-state index in [4.69, 9.17) is 25.8 Å². The number of phenolic OH excluding ortho intramolecular Hbond substituents is 1. The van der Waals surface area contributed by atoms with Crippen LogP contribution in [0.25, 0.3) is 0 Å². The first-order valence-electron chi connectivity index (χ1n) is 15.3. The molecule has 7 atom stereocenters. The summed E-state index contributed by atoms with van der Waals surface area (Å²) in [7, 11) is 0. The number of benzene rings is 2. The van der Waals surface area contributed by atoms with Crippen LogP contribution in [0.2, 0.25) is 5.02 Å². The molecule has 4 rings (SSSR count). The summed E-state index contributed by atoms with van der Waals surface area (Å²) >= 11 is 6.06. The summed E-state index contributed by atoms with van der Waals surface area (Å²) in [5, 5.41) is 15.3. The van der Waals surface area contributed by atoms with Crippen LogP contribution in [0.5, 0.6) is 5.75 Å². The van der Waals surface area contributed by atoms with Crippen molar-refractivity contribution in [2.45, 2.75) is 77.4 Å². The van der Waals surface area contributed by atoms with Gasteiger partial charge in [-0.1, -0.05) is 81.8 Å². The lowest BCUT2D eigenvalue weighted by Gasteiger charge is -2.27. The van der Waals surface area contributed by atoms with E-state index in [1.807, 2.05) is 51.1 Å². The van der Waals surface area contributed by atoms with Crippen LogP contribution in [0.4, 0.5) is 0 Å². The van der Waals surface area contributed by atoms with Gasteiger partial charge in [0, 0.05) is 25.3 Å². The van der Waals surface area contributed by atoms with Crippen LogP contribution >= 0.6 is 11.6 Å².